The molecule has 0 heterocycles. The lowest BCUT2D eigenvalue weighted by Crippen LogP contribution is -2.18. The van der Waals surface area contributed by atoms with Gasteiger partial charge in [0.15, 0.2) is 0 Å². The van der Waals surface area contributed by atoms with Gasteiger partial charge in [0.2, 0.25) is 24.3 Å². The standard InChI is InChI=1S/C10H14N2O2.2CHNO/c13-7-11-5-9-1-2-10(4-3-9)6-12-8-14;2*2-1-3/h9-10H,1-6H2;2*2H. The summed E-state index contributed by atoms with van der Waals surface area (Å²) in [5.41, 5.74) is 0. The third-order valence-corrected chi connectivity index (χ3v) is 2.79. The number of hydrogen-bond acceptors (Lipinski definition) is 8. The molecule has 0 atom stereocenters. The SMILES string of the molecule is N=C=O.N=C=O.O=C=NCC1CCC(CN=C=O)CC1. The molecule has 0 radical (unpaired) electrons. The van der Waals surface area contributed by atoms with Gasteiger partial charge in [0.25, 0.3) is 0 Å². The van der Waals surface area contributed by atoms with Crippen LogP contribution >= 0.6 is 0 Å². The Kier molecular flexibility index (Phi) is 16.4. The quantitative estimate of drug-likeness (QED) is 0.590. The molecule has 0 bridgehead atoms. The highest BCUT2D eigenvalue weighted by Gasteiger charge is 2.20. The van der Waals surface area contributed by atoms with Crippen molar-refractivity contribution in [2.24, 2.45) is 21.8 Å². The van der Waals surface area contributed by atoms with E-state index in [1.807, 2.05) is 0 Å². The van der Waals surface area contributed by atoms with Crippen LogP contribution in [0.3, 0.4) is 0 Å². The number of nitrogens with zero attached hydrogens (tertiary/aromatic N) is 2. The molecule has 0 aliphatic heterocycles. The second-order valence-electron chi connectivity index (χ2n) is 3.95. The molecule has 0 amide bonds. The summed E-state index contributed by atoms with van der Waals surface area (Å²) in [6, 6.07) is 0. The summed E-state index contributed by atoms with van der Waals surface area (Å²) in [4.78, 5) is 43.7. The molecule has 0 unspecified atom stereocenters. The normalized spacial score (nSPS) is 19.0. The number of aliphatic imine (C=N–C) groups is 2. The van der Waals surface area contributed by atoms with E-state index in [1.54, 1.807) is 12.2 Å². The lowest BCUT2D eigenvalue weighted by atomic mass is 9.82. The molecule has 1 rings (SSSR count). The minimum Gasteiger partial charge on any atom is -0.222 e. The van der Waals surface area contributed by atoms with Crippen LogP contribution in [0.15, 0.2) is 9.98 Å². The fraction of sp³-hybridized carbons (Fsp3) is 0.667. The summed E-state index contributed by atoms with van der Waals surface area (Å²) in [7, 11) is 0. The summed E-state index contributed by atoms with van der Waals surface area (Å²) in [5, 5.41) is 10.8. The highest BCUT2D eigenvalue weighted by Crippen LogP contribution is 2.28. The highest BCUT2D eigenvalue weighted by atomic mass is 16.1. The Morgan fingerprint density at radius 2 is 1.00 bits per heavy atom. The van der Waals surface area contributed by atoms with Gasteiger partial charge in [0.1, 0.15) is 0 Å². The Balaban J connectivity index is 0. The Morgan fingerprint density at radius 1 is 0.750 bits per heavy atom. The first kappa shape index (κ1) is 19.9. The lowest BCUT2D eigenvalue weighted by molar-refractivity contribution is 0.285. The minimum absolute atomic E-state index is 0.521. The van der Waals surface area contributed by atoms with Crippen LogP contribution in [-0.4, -0.2) is 37.4 Å². The first-order valence-corrected chi connectivity index (χ1v) is 5.85. The van der Waals surface area contributed by atoms with Crippen molar-refractivity contribution in [1.82, 2.24) is 0 Å². The highest BCUT2D eigenvalue weighted by molar-refractivity contribution is 5.33. The van der Waals surface area contributed by atoms with Crippen LogP contribution < -0.4 is 0 Å². The molecule has 8 heteroatoms. The predicted molar refractivity (Wildman–Crippen MR) is 68.3 cm³/mol. The van der Waals surface area contributed by atoms with Crippen LogP contribution in [0.25, 0.3) is 0 Å². The maximum atomic E-state index is 9.90. The van der Waals surface area contributed by atoms with Crippen LogP contribution in [-0.2, 0) is 19.2 Å². The Morgan fingerprint density at radius 3 is 1.20 bits per heavy atom. The van der Waals surface area contributed by atoms with Crippen LogP contribution in [0.5, 0.6) is 0 Å². The van der Waals surface area contributed by atoms with Gasteiger partial charge in [-0.05, 0) is 37.5 Å². The summed E-state index contributed by atoms with van der Waals surface area (Å²) in [6.07, 6.45) is 8.93. The van der Waals surface area contributed by atoms with Crippen LogP contribution in [0, 0.1) is 22.7 Å². The molecule has 0 saturated heterocycles. The van der Waals surface area contributed by atoms with Gasteiger partial charge in [0.05, 0.1) is 13.1 Å². The van der Waals surface area contributed by atoms with E-state index in [0.717, 1.165) is 37.8 Å². The van der Waals surface area contributed by atoms with Crippen molar-refractivity contribution in [2.75, 3.05) is 13.1 Å². The maximum absolute atomic E-state index is 9.90. The van der Waals surface area contributed by atoms with E-state index in [2.05, 4.69) is 9.98 Å². The monoisotopic (exact) mass is 280 g/mol. The molecule has 1 aliphatic carbocycles. The zero-order valence-corrected chi connectivity index (χ0v) is 10.9. The molecule has 0 aromatic heterocycles. The molecule has 1 aliphatic rings. The smallest absolute Gasteiger partial charge is 0.222 e. The molecule has 0 aromatic rings. The third-order valence-electron chi connectivity index (χ3n) is 2.79. The molecule has 20 heavy (non-hydrogen) atoms. The fourth-order valence-electron chi connectivity index (χ4n) is 1.93. The van der Waals surface area contributed by atoms with Gasteiger partial charge in [-0.3, -0.25) is 0 Å². The first-order chi connectivity index (χ1) is 9.69. The van der Waals surface area contributed by atoms with Gasteiger partial charge >= 0.3 is 0 Å². The van der Waals surface area contributed by atoms with Crippen molar-refractivity contribution in [3.05, 3.63) is 0 Å². The van der Waals surface area contributed by atoms with E-state index < -0.39 is 0 Å². The zero-order valence-electron chi connectivity index (χ0n) is 10.9. The van der Waals surface area contributed by atoms with E-state index >= 15 is 0 Å². The van der Waals surface area contributed by atoms with Gasteiger partial charge in [-0.2, -0.15) is 0 Å². The van der Waals surface area contributed by atoms with Crippen LogP contribution in [0.2, 0.25) is 0 Å². The summed E-state index contributed by atoms with van der Waals surface area (Å²) >= 11 is 0. The predicted octanol–water partition coefficient (Wildman–Crippen LogP) is 1.27. The number of nitrogens with one attached hydrogen (secondary N) is 2. The third kappa shape index (κ3) is 13.6. The van der Waals surface area contributed by atoms with E-state index in [0.29, 0.717) is 24.9 Å². The Hall–Kier alpha value is -2.48. The van der Waals surface area contributed by atoms with Crippen molar-refractivity contribution in [3.8, 4) is 0 Å². The number of isocyanates is 4. The van der Waals surface area contributed by atoms with Crippen LogP contribution in [0.1, 0.15) is 25.7 Å². The summed E-state index contributed by atoms with van der Waals surface area (Å²) in [6.45, 7) is 1.21. The second-order valence-corrected chi connectivity index (χ2v) is 3.95. The molecule has 0 aromatic carbocycles. The minimum atomic E-state index is 0.521. The lowest BCUT2D eigenvalue weighted by Gasteiger charge is -2.25. The summed E-state index contributed by atoms with van der Waals surface area (Å²) in [5.74, 6) is 1.04. The Bertz CT molecular complexity index is 365. The van der Waals surface area contributed by atoms with E-state index in [4.69, 9.17) is 20.4 Å². The van der Waals surface area contributed by atoms with Crippen molar-refractivity contribution in [2.45, 2.75) is 25.7 Å². The van der Waals surface area contributed by atoms with Crippen molar-refractivity contribution in [1.29, 1.82) is 10.8 Å². The first-order valence-electron chi connectivity index (χ1n) is 5.85. The molecule has 108 valence electrons. The average molecular weight is 280 g/mol. The van der Waals surface area contributed by atoms with Crippen molar-refractivity contribution >= 4 is 24.3 Å². The van der Waals surface area contributed by atoms with Gasteiger partial charge in [-0.15, -0.1) is 0 Å². The molecule has 1 saturated carbocycles. The molecular weight excluding hydrogens is 264 g/mol. The molecule has 8 nitrogen and oxygen atoms in total. The van der Waals surface area contributed by atoms with Gasteiger partial charge in [-0.25, -0.2) is 40.0 Å². The average Bonchev–Trinajstić information content (AvgIpc) is 2.46. The zero-order chi connectivity index (χ0) is 15.6. The van der Waals surface area contributed by atoms with Crippen molar-refractivity contribution < 1.29 is 19.2 Å². The topological polar surface area (TPSA) is 141 Å². The maximum Gasteiger partial charge on any atom is 0.234 e. The van der Waals surface area contributed by atoms with E-state index in [1.165, 1.54) is 0 Å². The number of hydrogen-bond donors (Lipinski definition) is 2. The Labute approximate surface area is 116 Å². The van der Waals surface area contributed by atoms with Crippen molar-refractivity contribution in [3.63, 3.8) is 0 Å². The summed E-state index contributed by atoms with van der Waals surface area (Å²) < 4.78 is 0. The number of rotatable bonds is 4. The largest absolute Gasteiger partial charge is 0.234 e. The fourth-order valence-corrected chi connectivity index (χ4v) is 1.93. The van der Waals surface area contributed by atoms with E-state index in [-0.39, 0.29) is 0 Å². The molecular formula is C12H16N4O4. The molecule has 1 fully saturated rings. The van der Waals surface area contributed by atoms with Gasteiger partial charge < -0.3 is 0 Å². The van der Waals surface area contributed by atoms with Gasteiger partial charge in [-0.1, -0.05) is 0 Å². The second kappa shape index (κ2) is 16.5. The molecule has 0 spiro atoms. The number of carbonyl (C=O) groups excluding carboxylic acids is 4. The van der Waals surface area contributed by atoms with Crippen LogP contribution in [0.4, 0.5) is 0 Å². The van der Waals surface area contributed by atoms with E-state index in [9.17, 15) is 9.59 Å². The van der Waals surface area contributed by atoms with Gasteiger partial charge in [0, 0.05) is 0 Å². The molecule has 2 N–H and O–H groups in total.